The lowest BCUT2D eigenvalue weighted by Gasteiger charge is -2.31. The van der Waals surface area contributed by atoms with Crippen LogP contribution in [-0.2, 0) is 4.79 Å². The summed E-state index contributed by atoms with van der Waals surface area (Å²) in [6, 6.07) is 9.29. The molecule has 3 rings (SSSR count). The predicted octanol–water partition coefficient (Wildman–Crippen LogP) is 2.78. The van der Waals surface area contributed by atoms with Crippen LogP contribution in [0.15, 0.2) is 42.7 Å². The lowest BCUT2D eigenvalue weighted by molar-refractivity contribution is -0.126. The van der Waals surface area contributed by atoms with Crippen LogP contribution in [-0.4, -0.2) is 48.0 Å². The molecule has 1 fully saturated rings. The summed E-state index contributed by atoms with van der Waals surface area (Å²) >= 11 is 0. The molecule has 0 saturated carbocycles. The van der Waals surface area contributed by atoms with Crippen molar-refractivity contribution in [3.8, 4) is 0 Å². The third-order valence-electron chi connectivity index (χ3n) is 5.66. The molecule has 1 aliphatic rings. The number of aromatic nitrogens is 2. The number of hydrogen-bond acceptors (Lipinski definition) is 6. The van der Waals surface area contributed by atoms with Gasteiger partial charge in [-0.05, 0) is 56.5 Å². The Morgan fingerprint density at radius 3 is 2.35 bits per heavy atom. The maximum Gasteiger partial charge on any atom is 0.269 e. The second-order valence-corrected chi connectivity index (χ2v) is 7.73. The van der Waals surface area contributed by atoms with Crippen molar-refractivity contribution >= 4 is 23.5 Å². The monoisotopic (exact) mass is 424 g/mol. The molecule has 0 bridgehead atoms. The van der Waals surface area contributed by atoms with E-state index in [1.807, 2.05) is 12.1 Å². The molecule has 2 heterocycles. The van der Waals surface area contributed by atoms with Gasteiger partial charge >= 0.3 is 0 Å². The molecule has 1 aromatic heterocycles. The van der Waals surface area contributed by atoms with Gasteiger partial charge in [-0.2, -0.15) is 0 Å². The Morgan fingerprint density at radius 1 is 1.06 bits per heavy atom. The first-order valence-corrected chi connectivity index (χ1v) is 11.1. The average Bonchev–Trinajstić information content (AvgIpc) is 2.84. The molecule has 31 heavy (non-hydrogen) atoms. The molecule has 1 aliphatic heterocycles. The van der Waals surface area contributed by atoms with Gasteiger partial charge in [-0.15, -0.1) is 0 Å². The molecule has 2 aromatic rings. The molecule has 8 nitrogen and oxygen atoms in total. The number of amides is 2. The highest BCUT2D eigenvalue weighted by molar-refractivity contribution is 5.95. The average molecular weight is 425 g/mol. The molecule has 0 atom stereocenters. The van der Waals surface area contributed by atoms with Crippen molar-refractivity contribution < 1.29 is 9.59 Å². The second-order valence-electron chi connectivity index (χ2n) is 7.73. The summed E-state index contributed by atoms with van der Waals surface area (Å²) in [5.41, 5.74) is 6.75. The van der Waals surface area contributed by atoms with Crippen molar-refractivity contribution in [2.75, 3.05) is 36.0 Å². The number of anilines is 2. The Kier molecular flexibility index (Phi) is 8.20. The maximum absolute atomic E-state index is 12.5. The van der Waals surface area contributed by atoms with E-state index >= 15 is 0 Å². The van der Waals surface area contributed by atoms with Gasteiger partial charge < -0.3 is 9.80 Å². The van der Waals surface area contributed by atoms with Crippen LogP contribution >= 0.6 is 0 Å². The van der Waals surface area contributed by atoms with Crippen molar-refractivity contribution in [2.45, 2.75) is 39.5 Å². The Bertz CT molecular complexity index is 835. The minimum atomic E-state index is -0.313. The summed E-state index contributed by atoms with van der Waals surface area (Å²) in [4.78, 5) is 37.8. The van der Waals surface area contributed by atoms with Crippen LogP contribution in [0.25, 0.3) is 0 Å². The molecule has 0 unspecified atom stereocenters. The summed E-state index contributed by atoms with van der Waals surface area (Å²) < 4.78 is 0. The maximum atomic E-state index is 12.5. The first kappa shape index (κ1) is 22.5. The quantitative estimate of drug-likeness (QED) is 0.634. The lowest BCUT2D eigenvalue weighted by Crippen LogP contribution is -2.47. The van der Waals surface area contributed by atoms with Crippen LogP contribution in [0.3, 0.4) is 0 Å². The van der Waals surface area contributed by atoms with Crippen LogP contribution < -0.4 is 20.7 Å². The summed E-state index contributed by atoms with van der Waals surface area (Å²) in [5.74, 6) is 0.0794. The van der Waals surface area contributed by atoms with E-state index in [0.717, 1.165) is 31.6 Å². The second kappa shape index (κ2) is 11.3. The number of nitrogens with zero attached hydrogens (tertiary/aromatic N) is 4. The number of rotatable bonds is 8. The highest BCUT2D eigenvalue weighted by atomic mass is 16.2. The molecular weight excluding hydrogens is 392 g/mol. The zero-order chi connectivity index (χ0) is 22.1. The van der Waals surface area contributed by atoms with Crippen LogP contribution in [0.5, 0.6) is 0 Å². The van der Waals surface area contributed by atoms with Gasteiger partial charge in [0.05, 0.1) is 0 Å². The van der Waals surface area contributed by atoms with Crippen LogP contribution in [0.1, 0.15) is 49.9 Å². The zero-order valence-corrected chi connectivity index (χ0v) is 18.4. The van der Waals surface area contributed by atoms with E-state index < -0.39 is 0 Å². The van der Waals surface area contributed by atoms with Gasteiger partial charge in [-0.1, -0.05) is 13.3 Å². The first-order chi connectivity index (χ1) is 15.1. The topological polar surface area (TPSA) is 90.5 Å². The fourth-order valence-electron chi connectivity index (χ4n) is 3.73. The fourth-order valence-corrected chi connectivity index (χ4v) is 3.73. The predicted molar refractivity (Wildman–Crippen MR) is 122 cm³/mol. The Labute approximate surface area is 184 Å². The molecule has 8 heteroatoms. The van der Waals surface area contributed by atoms with Crippen molar-refractivity contribution in [2.24, 2.45) is 5.92 Å². The molecule has 1 saturated heterocycles. The van der Waals surface area contributed by atoms with E-state index in [2.05, 4.69) is 44.5 Å². The lowest BCUT2D eigenvalue weighted by atomic mass is 9.96. The normalized spacial score (nSPS) is 14.2. The molecule has 1 aromatic carbocycles. The van der Waals surface area contributed by atoms with Gasteiger partial charge in [-0.25, -0.2) is 9.97 Å². The van der Waals surface area contributed by atoms with Crippen LogP contribution in [0, 0.1) is 5.92 Å². The van der Waals surface area contributed by atoms with Crippen molar-refractivity contribution in [3.05, 3.63) is 48.3 Å². The number of piperidine rings is 1. The smallest absolute Gasteiger partial charge is 0.269 e. The molecule has 2 amide bonds. The van der Waals surface area contributed by atoms with Crippen molar-refractivity contribution in [1.82, 2.24) is 20.8 Å². The number of nitrogens with one attached hydrogen (secondary N) is 2. The minimum Gasteiger partial charge on any atom is -0.372 e. The SMILES string of the molecule is CCCCN(CC)c1ccc(C(=O)NNC(=O)C2CCN(c3ncccn3)CC2)cc1. The molecule has 166 valence electrons. The van der Waals surface area contributed by atoms with Crippen LogP contribution in [0.4, 0.5) is 11.6 Å². The number of benzene rings is 1. The third-order valence-corrected chi connectivity index (χ3v) is 5.66. The summed E-state index contributed by atoms with van der Waals surface area (Å²) in [6.45, 7) is 7.66. The number of hydrogen-bond donors (Lipinski definition) is 2. The Morgan fingerprint density at radius 2 is 1.74 bits per heavy atom. The van der Waals surface area contributed by atoms with Gasteiger partial charge in [0.1, 0.15) is 0 Å². The third kappa shape index (κ3) is 6.16. The highest BCUT2D eigenvalue weighted by Crippen LogP contribution is 2.20. The van der Waals surface area contributed by atoms with Crippen molar-refractivity contribution in [1.29, 1.82) is 0 Å². The molecule has 2 N–H and O–H groups in total. The van der Waals surface area contributed by atoms with Gasteiger partial charge in [-0.3, -0.25) is 20.4 Å². The van der Waals surface area contributed by atoms with Gasteiger partial charge in [0, 0.05) is 55.7 Å². The minimum absolute atomic E-state index is 0.140. The van der Waals surface area contributed by atoms with E-state index in [4.69, 9.17) is 0 Å². The van der Waals surface area contributed by atoms with E-state index in [1.165, 1.54) is 0 Å². The van der Waals surface area contributed by atoms with E-state index in [9.17, 15) is 9.59 Å². The van der Waals surface area contributed by atoms with Crippen LogP contribution in [0.2, 0.25) is 0 Å². The molecule has 0 aliphatic carbocycles. The number of unbranched alkanes of at least 4 members (excludes halogenated alkanes) is 1. The van der Waals surface area contributed by atoms with E-state index in [1.54, 1.807) is 30.6 Å². The van der Waals surface area contributed by atoms with E-state index in [0.29, 0.717) is 37.4 Å². The van der Waals surface area contributed by atoms with Gasteiger partial charge in [0.2, 0.25) is 11.9 Å². The largest absolute Gasteiger partial charge is 0.372 e. The fraction of sp³-hybridized carbons (Fsp3) is 0.478. The molecule has 0 radical (unpaired) electrons. The number of carbonyl (C=O) groups excluding carboxylic acids is 2. The summed E-state index contributed by atoms with van der Waals surface area (Å²) in [7, 11) is 0. The van der Waals surface area contributed by atoms with Gasteiger partial charge in [0.25, 0.3) is 5.91 Å². The standard InChI is InChI=1S/C23H32N6O2/c1-3-5-15-28(4-2)20-9-7-18(8-10-20)21(30)26-27-22(31)19-11-16-29(17-12-19)23-24-13-6-14-25-23/h6-10,13-14,19H,3-5,11-12,15-17H2,1-2H3,(H,26,30)(H,27,31). The Balaban J connectivity index is 1.45. The zero-order valence-electron chi connectivity index (χ0n) is 18.4. The van der Waals surface area contributed by atoms with Crippen molar-refractivity contribution in [3.63, 3.8) is 0 Å². The molecular formula is C23H32N6O2. The van der Waals surface area contributed by atoms with E-state index in [-0.39, 0.29) is 17.7 Å². The molecule has 0 spiro atoms. The summed E-state index contributed by atoms with van der Waals surface area (Å²) in [5, 5.41) is 0. The highest BCUT2D eigenvalue weighted by Gasteiger charge is 2.26. The summed E-state index contributed by atoms with van der Waals surface area (Å²) in [6.07, 6.45) is 7.11. The first-order valence-electron chi connectivity index (χ1n) is 11.1. The number of hydrazine groups is 1. The number of carbonyl (C=O) groups is 2. The van der Waals surface area contributed by atoms with Gasteiger partial charge in [0.15, 0.2) is 0 Å². The Hall–Kier alpha value is -3.16.